The Kier molecular flexibility index (Phi) is 4.98. The third-order valence-electron chi connectivity index (χ3n) is 4.76. The van der Waals surface area contributed by atoms with Gasteiger partial charge in [0, 0.05) is 17.8 Å². The van der Waals surface area contributed by atoms with E-state index >= 15 is 0 Å². The van der Waals surface area contributed by atoms with E-state index < -0.39 is 16.3 Å². The number of hydrogen-bond donors (Lipinski definition) is 1. The minimum absolute atomic E-state index is 0.192. The highest BCUT2D eigenvalue weighted by molar-refractivity contribution is 7.92. The van der Waals surface area contributed by atoms with Gasteiger partial charge >= 0.3 is 5.97 Å². The van der Waals surface area contributed by atoms with Crippen molar-refractivity contribution in [2.24, 2.45) is 0 Å². The van der Waals surface area contributed by atoms with E-state index in [4.69, 9.17) is 4.74 Å². The third kappa shape index (κ3) is 3.56. The van der Waals surface area contributed by atoms with Crippen LogP contribution in [-0.4, -0.2) is 20.9 Å². The van der Waals surface area contributed by atoms with Crippen molar-refractivity contribution in [1.82, 2.24) is 0 Å². The average molecular weight is 408 g/mol. The Bertz CT molecular complexity index is 1130. The lowest BCUT2D eigenvalue weighted by Crippen LogP contribution is -2.30. The Labute approximate surface area is 169 Å². The summed E-state index contributed by atoms with van der Waals surface area (Å²) in [5.41, 5.74) is 2.56. The zero-order valence-corrected chi connectivity index (χ0v) is 16.6. The van der Waals surface area contributed by atoms with Gasteiger partial charge in [-0.1, -0.05) is 36.4 Å². The lowest BCUT2D eigenvalue weighted by atomic mass is 10.1. The third-order valence-corrected chi connectivity index (χ3v) is 6.68. The molecule has 0 radical (unpaired) electrons. The van der Waals surface area contributed by atoms with Gasteiger partial charge in [0.15, 0.2) is 0 Å². The van der Waals surface area contributed by atoms with Crippen molar-refractivity contribution in [3.63, 3.8) is 0 Å². The maximum Gasteiger partial charge on any atom is 0.340 e. The molecule has 1 unspecified atom stereocenters. The van der Waals surface area contributed by atoms with Crippen LogP contribution in [0.5, 0.6) is 0 Å². The Morgan fingerprint density at radius 1 is 0.931 bits per heavy atom. The maximum absolute atomic E-state index is 13.1. The van der Waals surface area contributed by atoms with Crippen molar-refractivity contribution in [3.05, 3.63) is 90.0 Å². The Hall–Kier alpha value is -3.32. The van der Waals surface area contributed by atoms with E-state index in [1.165, 1.54) is 4.31 Å². The summed E-state index contributed by atoms with van der Waals surface area (Å²) in [5.74, 6) is -0.376. The molecule has 3 aromatic carbocycles. The number of ether oxygens (including phenoxy) is 1. The Balaban J connectivity index is 1.56. The first-order valence-corrected chi connectivity index (χ1v) is 10.7. The van der Waals surface area contributed by atoms with Gasteiger partial charge in [-0.2, -0.15) is 0 Å². The summed E-state index contributed by atoms with van der Waals surface area (Å²) >= 11 is 0. The molecule has 1 aliphatic rings. The first-order chi connectivity index (χ1) is 14.0. The van der Waals surface area contributed by atoms with Gasteiger partial charge in [0.25, 0.3) is 10.0 Å². The highest BCUT2D eigenvalue weighted by Gasteiger charge is 2.30. The first-order valence-electron chi connectivity index (χ1n) is 9.25. The highest BCUT2D eigenvalue weighted by atomic mass is 32.2. The predicted octanol–water partition coefficient (Wildman–Crippen LogP) is 4.18. The van der Waals surface area contributed by atoms with Crippen LogP contribution in [0.1, 0.15) is 29.1 Å². The van der Waals surface area contributed by atoms with Crippen molar-refractivity contribution in [2.45, 2.75) is 18.0 Å². The number of rotatable bonds is 6. The van der Waals surface area contributed by atoms with Gasteiger partial charge in [-0.15, -0.1) is 0 Å². The van der Waals surface area contributed by atoms with Crippen LogP contribution < -0.4 is 9.62 Å². The summed E-state index contributed by atoms with van der Waals surface area (Å²) in [6, 6.07) is 22.6. The fourth-order valence-electron chi connectivity index (χ4n) is 3.34. The van der Waals surface area contributed by atoms with E-state index in [0.717, 1.165) is 5.56 Å². The number of anilines is 2. The van der Waals surface area contributed by atoms with E-state index in [2.05, 4.69) is 5.32 Å². The molecule has 1 N–H and O–H groups in total. The van der Waals surface area contributed by atoms with Crippen LogP contribution in [0.4, 0.5) is 11.4 Å². The van der Waals surface area contributed by atoms with Crippen LogP contribution in [0.3, 0.4) is 0 Å². The molecular weight excluding hydrogens is 388 g/mol. The second-order valence-corrected chi connectivity index (χ2v) is 8.41. The monoisotopic (exact) mass is 408 g/mol. The number of cyclic esters (lactones) is 1. The summed E-state index contributed by atoms with van der Waals surface area (Å²) in [5, 5.41) is 3.13. The van der Waals surface area contributed by atoms with Crippen molar-refractivity contribution in [2.75, 3.05) is 16.2 Å². The van der Waals surface area contributed by atoms with Gasteiger partial charge in [0.2, 0.25) is 6.23 Å². The van der Waals surface area contributed by atoms with Crippen LogP contribution >= 0.6 is 0 Å². The van der Waals surface area contributed by atoms with Crippen molar-refractivity contribution >= 4 is 27.4 Å². The largest absolute Gasteiger partial charge is 0.434 e. The molecule has 1 aliphatic heterocycles. The first kappa shape index (κ1) is 19.0. The molecule has 1 heterocycles. The van der Waals surface area contributed by atoms with E-state index in [-0.39, 0.29) is 10.9 Å². The molecule has 1 atom stereocenters. The predicted molar refractivity (Wildman–Crippen MR) is 111 cm³/mol. The van der Waals surface area contributed by atoms with Gasteiger partial charge < -0.3 is 10.1 Å². The molecule has 29 heavy (non-hydrogen) atoms. The van der Waals surface area contributed by atoms with Crippen LogP contribution in [0, 0.1) is 0 Å². The van der Waals surface area contributed by atoms with Crippen molar-refractivity contribution in [3.8, 4) is 0 Å². The number of benzene rings is 3. The number of esters is 1. The smallest absolute Gasteiger partial charge is 0.340 e. The lowest BCUT2D eigenvalue weighted by molar-refractivity contribution is 0.0437. The minimum atomic E-state index is -3.69. The fourth-order valence-corrected chi connectivity index (χ4v) is 4.81. The topological polar surface area (TPSA) is 75.7 Å². The molecule has 7 heteroatoms. The number of nitrogens with zero attached hydrogens (tertiary/aromatic N) is 1. The average Bonchev–Trinajstić information content (AvgIpc) is 3.05. The molecular formula is C22H20N2O4S. The zero-order chi connectivity index (χ0) is 20.4. The second kappa shape index (κ2) is 7.60. The molecule has 0 bridgehead atoms. The number of sulfonamides is 1. The molecule has 0 aromatic heterocycles. The quantitative estimate of drug-likeness (QED) is 0.619. The van der Waals surface area contributed by atoms with Gasteiger partial charge in [-0.25, -0.2) is 13.2 Å². The molecule has 0 amide bonds. The fraction of sp³-hybridized carbons (Fsp3) is 0.136. The molecule has 0 fully saturated rings. The number of para-hydroxylation sites is 1. The van der Waals surface area contributed by atoms with Crippen LogP contribution in [0.15, 0.2) is 83.8 Å². The zero-order valence-electron chi connectivity index (χ0n) is 15.8. The number of carbonyl (C=O) groups excluding carboxylic acids is 1. The van der Waals surface area contributed by atoms with Crippen LogP contribution in [-0.2, 0) is 14.8 Å². The van der Waals surface area contributed by atoms with E-state index in [0.29, 0.717) is 23.5 Å². The maximum atomic E-state index is 13.1. The van der Waals surface area contributed by atoms with E-state index in [1.807, 2.05) is 18.2 Å². The molecule has 0 aliphatic carbocycles. The molecule has 0 spiro atoms. The number of hydrogen-bond acceptors (Lipinski definition) is 5. The van der Waals surface area contributed by atoms with Crippen LogP contribution in [0.25, 0.3) is 0 Å². The lowest BCUT2D eigenvalue weighted by Gasteiger charge is -2.23. The molecule has 0 saturated carbocycles. The van der Waals surface area contributed by atoms with Crippen LogP contribution in [0.2, 0.25) is 0 Å². The molecule has 148 valence electrons. The Morgan fingerprint density at radius 2 is 1.59 bits per heavy atom. The summed E-state index contributed by atoms with van der Waals surface area (Å²) < 4.78 is 32.9. The highest BCUT2D eigenvalue weighted by Crippen LogP contribution is 2.32. The summed E-state index contributed by atoms with van der Waals surface area (Å²) in [6.07, 6.45) is -0.599. The molecule has 3 aromatic rings. The number of fused-ring (bicyclic) bond motifs is 1. The standard InChI is InChI=1S/C22H20N2O4S/c1-2-24(17-8-4-3-5-9-17)29(26,27)18-14-12-16(13-15-18)23-21-19-10-6-7-11-20(19)22(25)28-21/h3-15,21,23H,2H2,1H3. The summed E-state index contributed by atoms with van der Waals surface area (Å²) in [7, 11) is -3.69. The normalized spacial score (nSPS) is 15.5. The van der Waals surface area contributed by atoms with E-state index in [1.54, 1.807) is 67.6 Å². The minimum Gasteiger partial charge on any atom is -0.434 e. The molecule has 0 saturated heterocycles. The molecule has 6 nitrogen and oxygen atoms in total. The number of nitrogens with one attached hydrogen (secondary N) is 1. The van der Waals surface area contributed by atoms with Gasteiger partial charge in [-0.3, -0.25) is 4.31 Å². The summed E-state index contributed by atoms with van der Waals surface area (Å²) in [6.45, 7) is 2.12. The second-order valence-electron chi connectivity index (χ2n) is 6.55. The Morgan fingerprint density at radius 3 is 2.28 bits per heavy atom. The van der Waals surface area contributed by atoms with Crippen molar-refractivity contribution < 1.29 is 17.9 Å². The van der Waals surface area contributed by atoms with Gasteiger partial charge in [-0.05, 0) is 49.4 Å². The summed E-state index contributed by atoms with van der Waals surface area (Å²) in [4.78, 5) is 12.1. The van der Waals surface area contributed by atoms with Crippen molar-refractivity contribution in [1.29, 1.82) is 0 Å². The number of carbonyl (C=O) groups is 1. The molecule has 4 rings (SSSR count). The SMILES string of the molecule is CCN(c1ccccc1)S(=O)(=O)c1ccc(NC2OC(=O)c3ccccc32)cc1. The van der Waals surface area contributed by atoms with Gasteiger partial charge in [0.05, 0.1) is 16.1 Å². The van der Waals surface area contributed by atoms with Gasteiger partial charge in [0.1, 0.15) is 0 Å². The van der Waals surface area contributed by atoms with E-state index in [9.17, 15) is 13.2 Å².